The van der Waals surface area contributed by atoms with Gasteiger partial charge in [-0.1, -0.05) is 29.3 Å². The van der Waals surface area contributed by atoms with Gasteiger partial charge >= 0.3 is 0 Å². The number of nitrogen functional groups attached to an aromatic ring is 1. The molecule has 0 spiro atoms. The van der Waals surface area contributed by atoms with Crippen molar-refractivity contribution in [3.05, 3.63) is 52.5 Å². The zero-order valence-electron chi connectivity index (χ0n) is 9.60. The van der Waals surface area contributed by atoms with E-state index in [0.29, 0.717) is 10.7 Å². The Balaban J connectivity index is 2.39. The quantitative estimate of drug-likeness (QED) is 0.853. The third-order valence-corrected chi connectivity index (χ3v) is 4.27. The molecule has 0 aliphatic carbocycles. The van der Waals surface area contributed by atoms with E-state index in [1.807, 2.05) is 0 Å². The fourth-order valence-electron chi connectivity index (χ4n) is 1.46. The summed E-state index contributed by atoms with van der Waals surface area (Å²) in [5.74, 6) is 0. The van der Waals surface area contributed by atoms with Crippen LogP contribution in [0.4, 0.5) is 11.4 Å². The van der Waals surface area contributed by atoms with E-state index < -0.39 is 10.0 Å². The van der Waals surface area contributed by atoms with E-state index >= 15 is 0 Å². The van der Waals surface area contributed by atoms with E-state index in [2.05, 4.69) is 4.72 Å². The molecule has 0 amide bonds. The Morgan fingerprint density at radius 2 is 1.79 bits per heavy atom. The van der Waals surface area contributed by atoms with Crippen LogP contribution in [0.15, 0.2) is 47.4 Å². The molecule has 2 aromatic rings. The minimum Gasteiger partial charge on any atom is -0.399 e. The van der Waals surface area contributed by atoms with E-state index in [4.69, 9.17) is 28.9 Å². The lowest BCUT2D eigenvalue weighted by Gasteiger charge is -2.10. The Labute approximate surface area is 121 Å². The fraction of sp³-hybridized carbons (Fsp3) is 0. The minimum absolute atomic E-state index is 0.0588. The van der Waals surface area contributed by atoms with E-state index in [1.54, 1.807) is 18.2 Å². The predicted molar refractivity (Wildman–Crippen MR) is 78.1 cm³/mol. The van der Waals surface area contributed by atoms with Gasteiger partial charge < -0.3 is 5.73 Å². The zero-order valence-corrected chi connectivity index (χ0v) is 11.9. The average Bonchev–Trinajstić information content (AvgIpc) is 2.33. The highest BCUT2D eigenvalue weighted by Crippen LogP contribution is 2.27. The third-order valence-electron chi connectivity index (χ3n) is 2.34. The van der Waals surface area contributed by atoms with Crippen molar-refractivity contribution in [3.63, 3.8) is 0 Å². The Hall–Kier alpha value is -1.43. The standard InChI is InChI=1S/C12H10Cl2N2O2S/c13-8-4-5-11(14)12(6-8)16-19(17,18)10-3-1-2-9(15)7-10/h1-7,16H,15H2. The van der Waals surface area contributed by atoms with Crippen LogP contribution in [0.3, 0.4) is 0 Å². The monoisotopic (exact) mass is 316 g/mol. The molecule has 0 fully saturated rings. The van der Waals surface area contributed by atoms with Crippen LogP contribution in [0.1, 0.15) is 0 Å². The number of nitrogens with one attached hydrogen (secondary N) is 1. The normalized spacial score (nSPS) is 11.3. The number of nitrogens with two attached hydrogens (primary N) is 1. The molecule has 0 aliphatic rings. The molecule has 0 unspecified atom stereocenters. The first kappa shape index (κ1) is 14.0. The van der Waals surface area contributed by atoms with Crippen LogP contribution in [0, 0.1) is 0 Å². The molecule has 7 heteroatoms. The number of anilines is 2. The lowest BCUT2D eigenvalue weighted by molar-refractivity contribution is 0.601. The number of hydrogen-bond donors (Lipinski definition) is 2. The Morgan fingerprint density at radius 1 is 1.05 bits per heavy atom. The van der Waals surface area contributed by atoms with Crippen molar-refractivity contribution in [2.75, 3.05) is 10.5 Å². The van der Waals surface area contributed by atoms with Crippen LogP contribution in [0.25, 0.3) is 0 Å². The van der Waals surface area contributed by atoms with Crippen LogP contribution in [-0.4, -0.2) is 8.42 Å². The molecule has 0 heterocycles. The molecule has 2 aromatic carbocycles. The first-order valence-corrected chi connectivity index (χ1v) is 7.46. The summed E-state index contributed by atoms with van der Waals surface area (Å²) in [5.41, 5.74) is 6.14. The molecule has 0 bridgehead atoms. The molecular weight excluding hydrogens is 307 g/mol. The van der Waals surface area contributed by atoms with Crippen LogP contribution in [-0.2, 0) is 10.0 Å². The predicted octanol–water partition coefficient (Wildman–Crippen LogP) is 3.38. The average molecular weight is 317 g/mol. The van der Waals surface area contributed by atoms with Gasteiger partial charge in [-0.05, 0) is 36.4 Å². The first-order chi connectivity index (χ1) is 8.88. The number of sulfonamides is 1. The minimum atomic E-state index is -3.75. The summed E-state index contributed by atoms with van der Waals surface area (Å²) in [5, 5.41) is 0.645. The highest BCUT2D eigenvalue weighted by atomic mass is 35.5. The number of hydrogen-bond acceptors (Lipinski definition) is 3. The zero-order chi connectivity index (χ0) is 14.0. The highest BCUT2D eigenvalue weighted by Gasteiger charge is 2.16. The molecule has 0 atom stereocenters. The van der Waals surface area contributed by atoms with Crippen LogP contribution in [0.2, 0.25) is 10.0 Å². The maximum Gasteiger partial charge on any atom is 0.262 e. The van der Waals surface area contributed by atoms with Crippen molar-refractivity contribution in [3.8, 4) is 0 Å². The van der Waals surface area contributed by atoms with Gasteiger partial charge in [-0.2, -0.15) is 0 Å². The largest absolute Gasteiger partial charge is 0.399 e. The summed E-state index contributed by atoms with van der Waals surface area (Å²) in [6.07, 6.45) is 0. The Kier molecular flexibility index (Phi) is 3.89. The maximum atomic E-state index is 12.1. The smallest absolute Gasteiger partial charge is 0.262 e. The lowest BCUT2D eigenvalue weighted by atomic mass is 10.3. The molecular formula is C12H10Cl2N2O2S. The molecule has 100 valence electrons. The Bertz CT molecular complexity index is 717. The van der Waals surface area contributed by atoms with Gasteiger partial charge in [0.05, 0.1) is 15.6 Å². The van der Waals surface area contributed by atoms with Crippen LogP contribution < -0.4 is 10.5 Å². The van der Waals surface area contributed by atoms with Crippen LogP contribution in [0.5, 0.6) is 0 Å². The molecule has 19 heavy (non-hydrogen) atoms. The molecule has 0 saturated heterocycles. The van der Waals surface area contributed by atoms with Crippen molar-refractivity contribution >= 4 is 44.6 Å². The van der Waals surface area contributed by atoms with Crippen LogP contribution >= 0.6 is 23.2 Å². The van der Waals surface area contributed by atoms with Crippen molar-refractivity contribution in [1.82, 2.24) is 0 Å². The van der Waals surface area contributed by atoms with Gasteiger partial charge in [-0.15, -0.1) is 0 Å². The van der Waals surface area contributed by atoms with E-state index in [9.17, 15) is 8.42 Å². The van der Waals surface area contributed by atoms with Gasteiger partial charge in [0, 0.05) is 10.7 Å². The molecule has 0 aromatic heterocycles. The summed E-state index contributed by atoms with van der Waals surface area (Å²) >= 11 is 11.7. The summed E-state index contributed by atoms with van der Waals surface area (Å²) in [6.45, 7) is 0. The second-order valence-electron chi connectivity index (χ2n) is 3.80. The summed E-state index contributed by atoms with van der Waals surface area (Å²) in [4.78, 5) is 0.0588. The van der Waals surface area contributed by atoms with Gasteiger partial charge in [0.2, 0.25) is 0 Å². The second kappa shape index (κ2) is 5.28. The highest BCUT2D eigenvalue weighted by molar-refractivity contribution is 7.92. The van der Waals surface area contributed by atoms with Crippen molar-refractivity contribution < 1.29 is 8.42 Å². The molecule has 0 aliphatic heterocycles. The second-order valence-corrected chi connectivity index (χ2v) is 6.33. The lowest BCUT2D eigenvalue weighted by Crippen LogP contribution is -2.13. The summed E-state index contributed by atoms with van der Waals surface area (Å²) < 4.78 is 26.7. The fourth-order valence-corrected chi connectivity index (χ4v) is 2.98. The van der Waals surface area contributed by atoms with Gasteiger partial charge in [0.1, 0.15) is 0 Å². The molecule has 2 rings (SSSR count). The number of benzene rings is 2. The van der Waals surface area contributed by atoms with Gasteiger partial charge in [-0.3, -0.25) is 4.72 Å². The number of rotatable bonds is 3. The molecule has 0 saturated carbocycles. The van der Waals surface area contributed by atoms with Crippen molar-refractivity contribution in [1.29, 1.82) is 0 Å². The maximum absolute atomic E-state index is 12.1. The SMILES string of the molecule is Nc1cccc(S(=O)(=O)Nc2cc(Cl)ccc2Cl)c1. The Morgan fingerprint density at radius 3 is 2.47 bits per heavy atom. The molecule has 0 radical (unpaired) electrons. The summed E-state index contributed by atoms with van der Waals surface area (Å²) in [6, 6.07) is 10.5. The number of halogens is 2. The van der Waals surface area contributed by atoms with E-state index in [-0.39, 0.29) is 15.6 Å². The molecule has 4 nitrogen and oxygen atoms in total. The topological polar surface area (TPSA) is 72.2 Å². The van der Waals surface area contributed by atoms with E-state index in [0.717, 1.165) is 0 Å². The third kappa shape index (κ3) is 3.32. The first-order valence-electron chi connectivity index (χ1n) is 5.22. The van der Waals surface area contributed by atoms with Gasteiger partial charge in [-0.25, -0.2) is 8.42 Å². The summed E-state index contributed by atoms with van der Waals surface area (Å²) in [7, 11) is -3.75. The van der Waals surface area contributed by atoms with E-state index in [1.165, 1.54) is 24.3 Å². The van der Waals surface area contributed by atoms with Gasteiger partial charge in [0.25, 0.3) is 10.0 Å². The molecule has 3 N–H and O–H groups in total. The van der Waals surface area contributed by atoms with Crippen molar-refractivity contribution in [2.24, 2.45) is 0 Å². The van der Waals surface area contributed by atoms with Crippen molar-refractivity contribution in [2.45, 2.75) is 4.90 Å². The van der Waals surface area contributed by atoms with Gasteiger partial charge in [0.15, 0.2) is 0 Å².